The monoisotopic (exact) mass is 443 g/mol. The zero-order chi connectivity index (χ0) is 21.6. The molecular formula is C21H14ClNO6S. The van der Waals surface area contributed by atoms with Gasteiger partial charge in [-0.2, -0.15) is 0 Å². The summed E-state index contributed by atoms with van der Waals surface area (Å²) < 4.78 is 29.4. The highest BCUT2D eigenvalue weighted by Gasteiger charge is 2.21. The zero-order valence-corrected chi connectivity index (χ0v) is 16.7. The molecule has 0 saturated heterocycles. The third-order valence-corrected chi connectivity index (χ3v) is 5.79. The Labute approximate surface area is 175 Å². The predicted molar refractivity (Wildman–Crippen MR) is 113 cm³/mol. The van der Waals surface area contributed by atoms with Gasteiger partial charge in [0.05, 0.1) is 15.5 Å². The van der Waals surface area contributed by atoms with Crippen LogP contribution in [0.1, 0.15) is 0 Å². The van der Waals surface area contributed by atoms with Gasteiger partial charge in [-0.3, -0.25) is 4.79 Å². The molecule has 30 heavy (non-hydrogen) atoms. The van der Waals surface area contributed by atoms with Gasteiger partial charge in [0.15, 0.2) is 11.0 Å². The van der Waals surface area contributed by atoms with Crippen molar-refractivity contribution in [2.75, 3.05) is 0 Å². The maximum Gasteiger partial charge on any atom is 0.238 e. The quantitative estimate of drug-likeness (QED) is 0.441. The van der Waals surface area contributed by atoms with Crippen LogP contribution >= 0.6 is 11.6 Å². The normalized spacial score (nSPS) is 11.7. The van der Waals surface area contributed by atoms with Crippen molar-refractivity contribution in [2.45, 2.75) is 4.90 Å². The first-order valence-electron chi connectivity index (χ1n) is 8.58. The number of sulfonamides is 1. The molecular weight excluding hydrogens is 430 g/mol. The molecule has 7 nitrogen and oxygen atoms in total. The third-order valence-electron chi connectivity index (χ3n) is 4.55. The van der Waals surface area contributed by atoms with Gasteiger partial charge >= 0.3 is 0 Å². The van der Waals surface area contributed by atoms with Crippen molar-refractivity contribution >= 4 is 32.6 Å². The van der Waals surface area contributed by atoms with E-state index in [0.717, 1.165) is 6.07 Å². The van der Waals surface area contributed by atoms with Crippen molar-refractivity contribution in [1.82, 2.24) is 0 Å². The number of hydrogen-bond donors (Lipinski definition) is 3. The molecule has 1 heterocycles. The lowest BCUT2D eigenvalue weighted by Crippen LogP contribution is -2.12. The lowest BCUT2D eigenvalue weighted by Gasteiger charge is -2.12. The van der Waals surface area contributed by atoms with Crippen LogP contribution in [0.15, 0.2) is 74.8 Å². The Balaban J connectivity index is 2.11. The number of hydrogen-bond acceptors (Lipinski definition) is 6. The Bertz CT molecular complexity index is 1480. The number of rotatable bonds is 3. The van der Waals surface area contributed by atoms with Crippen LogP contribution in [-0.2, 0) is 10.0 Å². The van der Waals surface area contributed by atoms with Crippen LogP contribution < -0.4 is 10.6 Å². The van der Waals surface area contributed by atoms with Crippen molar-refractivity contribution in [1.29, 1.82) is 0 Å². The number of nitrogens with two attached hydrogens (primary N) is 1. The van der Waals surface area contributed by atoms with Crippen molar-refractivity contribution in [3.8, 4) is 33.9 Å². The molecule has 0 aliphatic rings. The molecule has 0 spiro atoms. The fourth-order valence-electron chi connectivity index (χ4n) is 3.20. The minimum atomic E-state index is -4.01. The molecule has 3 aromatic carbocycles. The standard InChI is InChI=1S/C21H14ClNO6S/c22-14-7-2-1-6-13(14)18-10-17(26)20-16(25)9-15(24)19(21(20)29-18)11-4-3-5-12(8-11)30(23,27)28/h1-10,24-25H,(H2,23,27,28). The van der Waals surface area contributed by atoms with Crippen molar-refractivity contribution < 1.29 is 23.0 Å². The Morgan fingerprint density at radius 1 is 0.933 bits per heavy atom. The summed E-state index contributed by atoms with van der Waals surface area (Å²) in [7, 11) is -4.01. The molecule has 0 atom stereocenters. The van der Waals surface area contributed by atoms with Gasteiger partial charge in [0.25, 0.3) is 0 Å². The largest absolute Gasteiger partial charge is 0.507 e. The Kier molecular flexibility index (Phi) is 4.77. The van der Waals surface area contributed by atoms with Crippen molar-refractivity contribution in [2.24, 2.45) is 5.14 Å². The van der Waals surface area contributed by atoms with Crippen LogP contribution in [0.5, 0.6) is 11.5 Å². The van der Waals surface area contributed by atoms with Crippen LogP contribution in [0.4, 0.5) is 0 Å². The number of halogens is 1. The van der Waals surface area contributed by atoms with Gasteiger partial charge in [-0.15, -0.1) is 0 Å². The predicted octanol–water partition coefficient (Wildman–Crippen LogP) is 3.84. The van der Waals surface area contributed by atoms with Crippen LogP contribution in [0.25, 0.3) is 33.4 Å². The Hall–Kier alpha value is -3.33. The molecule has 0 aliphatic carbocycles. The minimum Gasteiger partial charge on any atom is -0.507 e. The lowest BCUT2D eigenvalue weighted by molar-refractivity contribution is 0.453. The van der Waals surface area contributed by atoms with Crippen LogP contribution in [0.2, 0.25) is 5.02 Å². The minimum absolute atomic E-state index is 0.0271. The molecule has 0 radical (unpaired) electrons. The smallest absolute Gasteiger partial charge is 0.238 e. The third kappa shape index (κ3) is 3.41. The summed E-state index contributed by atoms with van der Waals surface area (Å²) in [5.74, 6) is -0.772. The van der Waals surface area contributed by atoms with E-state index < -0.39 is 27.0 Å². The van der Waals surface area contributed by atoms with E-state index in [9.17, 15) is 23.4 Å². The summed E-state index contributed by atoms with van der Waals surface area (Å²) in [6.07, 6.45) is 0. The molecule has 4 rings (SSSR count). The summed E-state index contributed by atoms with van der Waals surface area (Å²) in [6, 6.07) is 14.4. The van der Waals surface area contributed by atoms with Crippen LogP contribution in [-0.4, -0.2) is 18.6 Å². The highest BCUT2D eigenvalue weighted by atomic mass is 35.5. The second-order valence-electron chi connectivity index (χ2n) is 6.52. The first kappa shape index (κ1) is 20.0. The maximum absolute atomic E-state index is 12.8. The van der Waals surface area contributed by atoms with Crippen molar-refractivity contribution in [3.05, 3.63) is 75.9 Å². The molecule has 4 N–H and O–H groups in total. The average molecular weight is 444 g/mol. The lowest BCUT2D eigenvalue weighted by atomic mass is 10.00. The number of fused-ring (bicyclic) bond motifs is 1. The van der Waals surface area contributed by atoms with E-state index in [1.54, 1.807) is 24.3 Å². The molecule has 0 bridgehead atoms. The second kappa shape index (κ2) is 7.17. The van der Waals surface area contributed by atoms with Gasteiger partial charge in [-0.05, 0) is 29.8 Å². The summed E-state index contributed by atoms with van der Waals surface area (Å²) >= 11 is 6.21. The zero-order valence-electron chi connectivity index (χ0n) is 15.2. The number of phenols is 2. The van der Waals surface area contributed by atoms with Gasteiger partial charge in [-0.25, -0.2) is 13.6 Å². The summed E-state index contributed by atoms with van der Waals surface area (Å²) in [5.41, 5.74) is 0.00188. The molecule has 1 aromatic heterocycles. The number of primary sulfonamides is 1. The number of aromatic hydroxyl groups is 2. The maximum atomic E-state index is 12.8. The topological polar surface area (TPSA) is 131 Å². The second-order valence-corrected chi connectivity index (χ2v) is 8.49. The number of phenolic OH excluding ortho intramolecular Hbond substituents is 2. The molecule has 0 unspecified atom stereocenters. The summed E-state index contributed by atoms with van der Waals surface area (Å²) in [6.45, 7) is 0. The Morgan fingerprint density at radius 3 is 2.37 bits per heavy atom. The molecule has 0 saturated carbocycles. The molecule has 0 amide bonds. The SMILES string of the molecule is NS(=O)(=O)c1cccc(-c2c(O)cc(O)c3c(=O)cc(-c4ccccc4Cl)oc23)c1. The van der Waals surface area contributed by atoms with E-state index in [4.69, 9.17) is 21.2 Å². The molecule has 0 fully saturated rings. The van der Waals surface area contributed by atoms with Crippen LogP contribution in [0.3, 0.4) is 0 Å². The van der Waals surface area contributed by atoms with Gasteiger partial charge < -0.3 is 14.6 Å². The highest BCUT2D eigenvalue weighted by molar-refractivity contribution is 7.89. The first-order chi connectivity index (χ1) is 14.2. The van der Waals surface area contributed by atoms with E-state index in [-0.39, 0.29) is 32.8 Å². The van der Waals surface area contributed by atoms with Gasteiger partial charge in [0, 0.05) is 17.7 Å². The van der Waals surface area contributed by atoms with Crippen molar-refractivity contribution in [3.63, 3.8) is 0 Å². The molecule has 152 valence electrons. The van der Waals surface area contributed by atoms with E-state index >= 15 is 0 Å². The van der Waals surface area contributed by atoms with E-state index in [2.05, 4.69) is 0 Å². The summed E-state index contributed by atoms with van der Waals surface area (Å²) in [5, 5.41) is 26.1. The highest BCUT2D eigenvalue weighted by Crippen LogP contribution is 2.42. The van der Waals surface area contributed by atoms with E-state index in [0.29, 0.717) is 10.6 Å². The van der Waals surface area contributed by atoms with E-state index in [1.165, 1.54) is 30.3 Å². The Morgan fingerprint density at radius 2 is 1.67 bits per heavy atom. The fourth-order valence-corrected chi connectivity index (χ4v) is 3.99. The fraction of sp³-hybridized carbons (Fsp3) is 0. The summed E-state index contributed by atoms with van der Waals surface area (Å²) in [4.78, 5) is 12.6. The first-order valence-corrected chi connectivity index (χ1v) is 10.5. The average Bonchev–Trinajstić information content (AvgIpc) is 2.67. The van der Waals surface area contributed by atoms with E-state index in [1.807, 2.05) is 0 Å². The van der Waals surface area contributed by atoms with Gasteiger partial charge in [0.2, 0.25) is 10.0 Å². The molecule has 0 aliphatic heterocycles. The van der Waals surface area contributed by atoms with Crippen LogP contribution in [0, 0.1) is 0 Å². The van der Waals surface area contributed by atoms with Gasteiger partial charge in [-0.1, -0.05) is 35.9 Å². The van der Waals surface area contributed by atoms with Gasteiger partial charge in [0.1, 0.15) is 22.6 Å². The molecule has 9 heteroatoms. The molecule has 4 aromatic rings. The number of benzene rings is 3.